The molecule has 128 valence electrons. The van der Waals surface area contributed by atoms with Crippen molar-refractivity contribution in [3.8, 4) is 11.5 Å². The zero-order valence-corrected chi connectivity index (χ0v) is 14.0. The first-order valence-corrected chi connectivity index (χ1v) is 7.68. The van der Waals surface area contributed by atoms with Gasteiger partial charge < -0.3 is 19.5 Å². The van der Waals surface area contributed by atoms with E-state index < -0.39 is 0 Å². The van der Waals surface area contributed by atoms with Gasteiger partial charge in [0.25, 0.3) is 0 Å². The Bertz CT molecular complexity index is 644. The number of carbonyl (C=O) groups is 1. The van der Waals surface area contributed by atoms with Gasteiger partial charge in [-0.15, -0.1) is 0 Å². The second-order valence-electron chi connectivity index (χ2n) is 5.09. The third-order valence-corrected chi connectivity index (χ3v) is 3.37. The maximum Gasteiger partial charge on any atom is 0.224 e. The Kier molecular flexibility index (Phi) is 7.04. The molecule has 2 aromatic rings. The summed E-state index contributed by atoms with van der Waals surface area (Å²) in [6.07, 6.45) is 1.97. The lowest BCUT2D eigenvalue weighted by Gasteiger charge is -2.09. The van der Waals surface area contributed by atoms with E-state index >= 15 is 0 Å². The first-order chi connectivity index (χ1) is 11.7. The maximum absolute atomic E-state index is 12.1. The second kappa shape index (κ2) is 9.52. The number of methoxy groups -OCH3 is 2. The van der Waals surface area contributed by atoms with Crippen molar-refractivity contribution in [2.24, 2.45) is 0 Å². The molecule has 0 aliphatic rings. The minimum atomic E-state index is -0.0734. The lowest BCUT2D eigenvalue weighted by Crippen LogP contribution is -2.25. The van der Waals surface area contributed by atoms with E-state index in [4.69, 9.17) is 14.2 Å². The van der Waals surface area contributed by atoms with E-state index in [0.29, 0.717) is 37.6 Å². The van der Waals surface area contributed by atoms with Gasteiger partial charge in [0, 0.05) is 13.3 Å². The average molecular weight is 330 g/mol. The number of aromatic nitrogens is 1. The molecule has 0 fully saturated rings. The third kappa shape index (κ3) is 5.55. The molecule has 24 heavy (non-hydrogen) atoms. The number of hydrogen-bond donors (Lipinski definition) is 1. The Hall–Kier alpha value is -2.60. The highest BCUT2D eigenvalue weighted by molar-refractivity contribution is 5.78. The molecule has 1 aromatic carbocycles. The summed E-state index contributed by atoms with van der Waals surface area (Å²) < 4.78 is 15.6. The van der Waals surface area contributed by atoms with Crippen molar-refractivity contribution in [3.63, 3.8) is 0 Å². The summed E-state index contributed by atoms with van der Waals surface area (Å²) in [5.41, 5.74) is 1.62. The smallest absolute Gasteiger partial charge is 0.224 e. The Balaban J connectivity index is 1.81. The van der Waals surface area contributed by atoms with Crippen molar-refractivity contribution in [2.45, 2.75) is 13.0 Å². The quantitative estimate of drug-likeness (QED) is 0.712. The molecule has 0 bridgehead atoms. The molecule has 1 N–H and O–H groups in total. The number of nitrogens with zero attached hydrogens (tertiary/aromatic N) is 1. The minimum Gasteiger partial charge on any atom is -0.495 e. The number of carbonyl (C=O) groups excluding carboxylic acids is 1. The zero-order valence-electron chi connectivity index (χ0n) is 14.0. The summed E-state index contributed by atoms with van der Waals surface area (Å²) in [6, 6.07) is 11.1. The van der Waals surface area contributed by atoms with Crippen LogP contribution in [0.4, 0.5) is 0 Å². The summed E-state index contributed by atoms with van der Waals surface area (Å²) in [6.45, 7) is 1.38. The van der Waals surface area contributed by atoms with Crippen molar-refractivity contribution in [2.75, 3.05) is 27.4 Å². The maximum atomic E-state index is 12.1. The van der Waals surface area contributed by atoms with Gasteiger partial charge in [0.2, 0.25) is 5.91 Å². The molecule has 6 nitrogen and oxygen atoms in total. The van der Waals surface area contributed by atoms with Crippen molar-refractivity contribution >= 4 is 5.91 Å². The lowest BCUT2D eigenvalue weighted by atomic mass is 10.1. The standard InChI is InChI=1S/C18H22N2O4/c1-22-10-11-24-15-7-5-14(6-8-15)12-18(21)20-13-16-17(23-2)4-3-9-19-16/h3-9H,10-13H2,1-2H3,(H,20,21). The number of nitrogens with one attached hydrogen (secondary N) is 1. The number of benzene rings is 1. The van der Waals surface area contributed by atoms with Gasteiger partial charge >= 0.3 is 0 Å². The third-order valence-electron chi connectivity index (χ3n) is 3.37. The van der Waals surface area contributed by atoms with Gasteiger partial charge in [-0.1, -0.05) is 12.1 Å². The summed E-state index contributed by atoms with van der Waals surface area (Å²) in [7, 11) is 3.21. The molecule has 0 aliphatic carbocycles. The van der Waals surface area contributed by atoms with Crippen LogP contribution in [0.2, 0.25) is 0 Å². The molecular weight excluding hydrogens is 308 g/mol. The highest BCUT2D eigenvalue weighted by atomic mass is 16.5. The molecule has 0 atom stereocenters. The SMILES string of the molecule is COCCOc1ccc(CC(=O)NCc2ncccc2OC)cc1. The van der Waals surface area contributed by atoms with Crippen LogP contribution in [-0.2, 0) is 22.5 Å². The summed E-state index contributed by atoms with van der Waals surface area (Å²) in [5.74, 6) is 1.35. The van der Waals surface area contributed by atoms with Crippen molar-refractivity contribution in [1.29, 1.82) is 0 Å². The normalized spacial score (nSPS) is 10.2. The molecule has 1 heterocycles. The van der Waals surface area contributed by atoms with E-state index in [1.807, 2.05) is 30.3 Å². The molecule has 1 aromatic heterocycles. The summed E-state index contributed by atoms with van der Waals surface area (Å²) >= 11 is 0. The van der Waals surface area contributed by atoms with Crippen LogP contribution >= 0.6 is 0 Å². The first kappa shape index (κ1) is 17.7. The molecule has 2 rings (SSSR count). The van der Waals surface area contributed by atoms with Gasteiger partial charge in [-0.3, -0.25) is 9.78 Å². The fourth-order valence-corrected chi connectivity index (χ4v) is 2.12. The van der Waals surface area contributed by atoms with Crippen molar-refractivity contribution in [3.05, 3.63) is 53.9 Å². The molecule has 0 saturated heterocycles. The molecule has 0 saturated carbocycles. The van der Waals surface area contributed by atoms with Gasteiger partial charge in [-0.25, -0.2) is 0 Å². The van der Waals surface area contributed by atoms with Crippen LogP contribution < -0.4 is 14.8 Å². The van der Waals surface area contributed by atoms with Gasteiger partial charge in [0.05, 0.1) is 26.7 Å². The largest absolute Gasteiger partial charge is 0.495 e. The number of ether oxygens (including phenoxy) is 3. The van der Waals surface area contributed by atoms with Gasteiger partial charge in [0.1, 0.15) is 23.8 Å². The van der Waals surface area contributed by atoms with Crippen LogP contribution in [-0.4, -0.2) is 38.3 Å². The number of pyridine rings is 1. The highest BCUT2D eigenvalue weighted by Crippen LogP contribution is 2.15. The van der Waals surface area contributed by atoms with Crippen LogP contribution in [0.15, 0.2) is 42.6 Å². The summed E-state index contributed by atoms with van der Waals surface area (Å²) in [4.78, 5) is 16.3. The second-order valence-corrected chi connectivity index (χ2v) is 5.09. The predicted molar refractivity (Wildman–Crippen MR) is 90.2 cm³/mol. The van der Waals surface area contributed by atoms with E-state index in [-0.39, 0.29) is 5.91 Å². The fraction of sp³-hybridized carbons (Fsp3) is 0.333. The highest BCUT2D eigenvalue weighted by Gasteiger charge is 2.07. The molecule has 0 unspecified atom stereocenters. The zero-order chi connectivity index (χ0) is 17.2. The van der Waals surface area contributed by atoms with Crippen LogP contribution in [0.5, 0.6) is 11.5 Å². The topological polar surface area (TPSA) is 69.7 Å². The molecular formula is C18H22N2O4. The van der Waals surface area contributed by atoms with Gasteiger partial charge in [-0.05, 0) is 29.8 Å². The van der Waals surface area contributed by atoms with E-state index in [0.717, 1.165) is 11.3 Å². The number of hydrogen-bond acceptors (Lipinski definition) is 5. The van der Waals surface area contributed by atoms with Crippen LogP contribution in [0.3, 0.4) is 0 Å². The van der Waals surface area contributed by atoms with Gasteiger partial charge in [-0.2, -0.15) is 0 Å². The Labute approximate surface area is 141 Å². The fourth-order valence-electron chi connectivity index (χ4n) is 2.12. The number of rotatable bonds is 9. The molecule has 6 heteroatoms. The number of amides is 1. The van der Waals surface area contributed by atoms with Crippen molar-refractivity contribution < 1.29 is 19.0 Å². The van der Waals surface area contributed by atoms with Gasteiger partial charge in [0.15, 0.2) is 0 Å². The van der Waals surface area contributed by atoms with Crippen LogP contribution in [0.1, 0.15) is 11.3 Å². The first-order valence-electron chi connectivity index (χ1n) is 7.68. The predicted octanol–water partition coefficient (Wildman–Crippen LogP) is 1.97. The Morgan fingerprint density at radius 3 is 2.62 bits per heavy atom. The summed E-state index contributed by atoms with van der Waals surface area (Å²) in [5, 5.41) is 2.85. The van der Waals surface area contributed by atoms with Crippen LogP contribution in [0, 0.1) is 0 Å². The Morgan fingerprint density at radius 2 is 1.92 bits per heavy atom. The molecule has 1 amide bonds. The monoisotopic (exact) mass is 330 g/mol. The average Bonchev–Trinajstić information content (AvgIpc) is 2.62. The van der Waals surface area contributed by atoms with E-state index in [9.17, 15) is 4.79 Å². The molecule has 0 radical (unpaired) electrons. The van der Waals surface area contributed by atoms with E-state index in [1.54, 1.807) is 26.5 Å². The van der Waals surface area contributed by atoms with E-state index in [2.05, 4.69) is 10.3 Å². The molecule has 0 spiro atoms. The van der Waals surface area contributed by atoms with Crippen LogP contribution in [0.25, 0.3) is 0 Å². The Morgan fingerprint density at radius 1 is 1.12 bits per heavy atom. The minimum absolute atomic E-state index is 0.0734. The lowest BCUT2D eigenvalue weighted by molar-refractivity contribution is -0.120. The van der Waals surface area contributed by atoms with Crippen molar-refractivity contribution in [1.82, 2.24) is 10.3 Å². The molecule has 0 aliphatic heterocycles. The van der Waals surface area contributed by atoms with E-state index in [1.165, 1.54) is 0 Å².